The molecule has 2 rings (SSSR count). The van der Waals surface area contributed by atoms with Crippen LogP contribution in [0.3, 0.4) is 0 Å². The van der Waals surface area contributed by atoms with Gasteiger partial charge < -0.3 is 0 Å². The normalized spacial score (nSPS) is 45.8. The van der Waals surface area contributed by atoms with Crippen LogP contribution in [0.15, 0.2) is 24.3 Å². The van der Waals surface area contributed by atoms with Crippen molar-refractivity contribution in [2.75, 3.05) is 0 Å². The second kappa shape index (κ2) is 3.08. The molecule has 0 aromatic rings. The van der Waals surface area contributed by atoms with E-state index in [1.54, 1.807) is 0 Å². The van der Waals surface area contributed by atoms with Gasteiger partial charge in [0.2, 0.25) is 0 Å². The summed E-state index contributed by atoms with van der Waals surface area (Å²) in [5.41, 5.74) is 0. The molecule has 66 valence electrons. The number of hydrogen-bond donors (Lipinski definition) is 0. The van der Waals surface area contributed by atoms with Crippen molar-refractivity contribution in [2.24, 2.45) is 23.7 Å². The molecule has 0 spiro atoms. The largest absolute Gasteiger partial charge is 0.0914 e. The maximum Gasteiger partial charge on any atom is -0.0171 e. The van der Waals surface area contributed by atoms with Crippen LogP contribution in [-0.2, 0) is 0 Å². The van der Waals surface area contributed by atoms with Gasteiger partial charge in [0.1, 0.15) is 0 Å². The Hall–Kier alpha value is -0.520. The highest BCUT2D eigenvalue weighted by Gasteiger charge is 2.39. The molecule has 0 heteroatoms. The molecule has 0 aromatic heterocycles. The van der Waals surface area contributed by atoms with Crippen LogP contribution >= 0.6 is 0 Å². The Morgan fingerprint density at radius 1 is 1.42 bits per heavy atom. The fourth-order valence-corrected chi connectivity index (χ4v) is 2.99. The maximum absolute atomic E-state index is 2.44. The lowest BCUT2D eigenvalue weighted by Crippen LogP contribution is -2.08. The molecule has 0 heterocycles. The molecular formula is C12H18. The topological polar surface area (TPSA) is 0 Å². The Morgan fingerprint density at radius 2 is 2.25 bits per heavy atom. The Labute approximate surface area is 75.4 Å². The Morgan fingerprint density at radius 3 is 3.00 bits per heavy atom. The summed E-state index contributed by atoms with van der Waals surface area (Å²) in [6, 6.07) is 0. The minimum absolute atomic E-state index is 0.866. The Balaban J connectivity index is 2.12. The standard InChI is InChI=1S/C12H18/c1-3-5-10-8-9(2)11-6-4-7-12(10)11/h3-6,9-12H,7-8H2,1-2H3/b5-3+. The summed E-state index contributed by atoms with van der Waals surface area (Å²) >= 11 is 0. The lowest BCUT2D eigenvalue weighted by Gasteiger charge is -2.14. The van der Waals surface area contributed by atoms with E-state index in [4.69, 9.17) is 0 Å². The van der Waals surface area contributed by atoms with E-state index in [1.807, 2.05) is 0 Å². The third kappa shape index (κ3) is 1.14. The average Bonchev–Trinajstić information content (AvgIpc) is 2.58. The zero-order valence-corrected chi connectivity index (χ0v) is 8.03. The van der Waals surface area contributed by atoms with E-state index >= 15 is 0 Å². The van der Waals surface area contributed by atoms with Crippen LogP contribution in [0.5, 0.6) is 0 Å². The van der Waals surface area contributed by atoms with Crippen LogP contribution in [-0.4, -0.2) is 0 Å². The van der Waals surface area contributed by atoms with Gasteiger partial charge in [-0.25, -0.2) is 0 Å². The molecule has 4 unspecified atom stereocenters. The quantitative estimate of drug-likeness (QED) is 0.518. The predicted octanol–water partition coefficient (Wildman–Crippen LogP) is 3.41. The molecule has 0 radical (unpaired) electrons. The molecule has 1 fully saturated rings. The minimum atomic E-state index is 0.866. The zero-order valence-electron chi connectivity index (χ0n) is 8.03. The van der Waals surface area contributed by atoms with E-state index in [1.165, 1.54) is 12.8 Å². The summed E-state index contributed by atoms with van der Waals surface area (Å²) in [5, 5.41) is 0. The fourth-order valence-electron chi connectivity index (χ4n) is 2.99. The number of hydrogen-bond acceptors (Lipinski definition) is 0. The molecule has 2 aliphatic rings. The molecule has 2 aliphatic carbocycles. The van der Waals surface area contributed by atoms with Crippen molar-refractivity contribution in [3.63, 3.8) is 0 Å². The summed E-state index contributed by atoms with van der Waals surface area (Å²) in [5.74, 6) is 3.61. The molecular weight excluding hydrogens is 144 g/mol. The van der Waals surface area contributed by atoms with E-state index in [2.05, 4.69) is 38.2 Å². The zero-order chi connectivity index (χ0) is 8.55. The van der Waals surface area contributed by atoms with Gasteiger partial charge in [-0.2, -0.15) is 0 Å². The van der Waals surface area contributed by atoms with Crippen LogP contribution in [0.1, 0.15) is 26.7 Å². The molecule has 0 bridgehead atoms. The van der Waals surface area contributed by atoms with Gasteiger partial charge >= 0.3 is 0 Å². The van der Waals surface area contributed by atoms with Gasteiger partial charge in [-0.3, -0.25) is 0 Å². The van der Waals surface area contributed by atoms with E-state index < -0.39 is 0 Å². The Bertz CT molecular complexity index is 212. The monoisotopic (exact) mass is 162 g/mol. The average molecular weight is 162 g/mol. The van der Waals surface area contributed by atoms with Crippen LogP contribution in [0.25, 0.3) is 0 Å². The molecule has 0 nitrogen and oxygen atoms in total. The molecule has 0 saturated heterocycles. The van der Waals surface area contributed by atoms with Gasteiger partial charge in [0.15, 0.2) is 0 Å². The molecule has 12 heavy (non-hydrogen) atoms. The van der Waals surface area contributed by atoms with Crippen LogP contribution in [0.2, 0.25) is 0 Å². The number of rotatable bonds is 1. The summed E-state index contributed by atoms with van der Waals surface area (Å²) in [7, 11) is 0. The molecule has 0 aliphatic heterocycles. The van der Waals surface area contributed by atoms with Gasteiger partial charge in [0.25, 0.3) is 0 Å². The molecule has 1 saturated carbocycles. The second-order valence-corrected chi connectivity index (χ2v) is 4.31. The predicted molar refractivity (Wildman–Crippen MR) is 52.8 cm³/mol. The summed E-state index contributed by atoms with van der Waals surface area (Å²) in [6.45, 7) is 4.54. The third-order valence-corrected chi connectivity index (χ3v) is 3.55. The molecule has 4 atom stereocenters. The summed E-state index contributed by atoms with van der Waals surface area (Å²) < 4.78 is 0. The lowest BCUT2D eigenvalue weighted by atomic mass is 9.90. The number of allylic oxidation sites excluding steroid dienone is 4. The SMILES string of the molecule is C/C=C/C1CC(C)C2C=CCC12. The Kier molecular flexibility index (Phi) is 2.08. The summed E-state index contributed by atoms with van der Waals surface area (Å²) in [4.78, 5) is 0. The summed E-state index contributed by atoms with van der Waals surface area (Å²) in [6.07, 6.45) is 12.2. The maximum atomic E-state index is 2.44. The van der Waals surface area contributed by atoms with Crippen LogP contribution in [0, 0.1) is 23.7 Å². The van der Waals surface area contributed by atoms with E-state index in [0.717, 1.165) is 23.7 Å². The molecule has 0 N–H and O–H groups in total. The van der Waals surface area contributed by atoms with Gasteiger partial charge in [-0.15, -0.1) is 0 Å². The molecule has 0 amide bonds. The molecule has 0 aromatic carbocycles. The van der Waals surface area contributed by atoms with Crippen molar-refractivity contribution in [3.05, 3.63) is 24.3 Å². The third-order valence-electron chi connectivity index (χ3n) is 3.55. The fraction of sp³-hybridized carbons (Fsp3) is 0.667. The highest BCUT2D eigenvalue weighted by Crippen LogP contribution is 2.47. The van der Waals surface area contributed by atoms with E-state index in [-0.39, 0.29) is 0 Å². The smallest absolute Gasteiger partial charge is 0.0171 e. The van der Waals surface area contributed by atoms with Crippen molar-refractivity contribution in [3.8, 4) is 0 Å². The second-order valence-electron chi connectivity index (χ2n) is 4.31. The first-order valence-corrected chi connectivity index (χ1v) is 5.12. The highest BCUT2D eigenvalue weighted by molar-refractivity contribution is 5.12. The van der Waals surface area contributed by atoms with Gasteiger partial charge in [-0.1, -0.05) is 31.2 Å². The van der Waals surface area contributed by atoms with E-state index in [9.17, 15) is 0 Å². The van der Waals surface area contributed by atoms with Crippen molar-refractivity contribution in [1.82, 2.24) is 0 Å². The van der Waals surface area contributed by atoms with Gasteiger partial charge in [-0.05, 0) is 43.4 Å². The first-order chi connectivity index (χ1) is 5.83. The minimum Gasteiger partial charge on any atom is -0.0914 e. The van der Waals surface area contributed by atoms with Crippen molar-refractivity contribution in [2.45, 2.75) is 26.7 Å². The highest BCUT2D eigenvalue weighted by atomic mass is 14.4. The van der Waals surface area contributed by atoms with Crippen molar-refractivity contribution in [1.29, 1.82) is 0 Å². The van der Waals surface area contributed by atoms with Crippen LogP contribution < -0.4 is 0 Å². The first-order valence-electron chi connectivity index (χ1n) is 5.12. The van der Waals surface area contributed by atoms with Crippen molar-refractivity contribution < 1.29 is 0 Å². The van der Waals surface area contributed by atoms with Crippen LogP contribution in [0.4, 0.5) is 0 Å². The first kappa shape index (κ1) is 8.10. The van der Waals surface area contributed by atoms with Gasteiger partial charge in [0, 0.05) is 0 Å². The number of fused-ring (bicyclic) bond motifs is 1. The van der Waals surface area contributed by atoms with E-state index in [0.29, 0.717) is 0 Å². The van der Waals surface area contributed by atoms with Crippen molar-refractivity contribution >= 4 is 0 Å². The lowest BCUT2D eigenvalue weighted by molar-refractivity contribution is 0.402. The van der Waals surface area contributed by atoms with Gasteiger partial charge in [0.05, 0.1) is 0 Å².